The molecule has 0 spiro atoms. The van der Waals surface area contributed by atoms with Gasteiger partial charge < -0.3 is 9.64 Å². The second kappa shape index (κ2) is 8.52. The lowest BCUT2D eigenvalue weighted by Crippen LogP contribution is -2.20. The zero-order valence-electron chi connectivity index (χ0n) is 15.1. The lowest BCUT2D eigenvalue weighted by atomic mass is 10.1. The predicted octanol–water partition coefficient (Wildman–Crippen LogP) is 4.82. The van der Waals surface area contributed by atoms with Gasteiger partial charge >= 0.3 is 0 Å². The second-order valence-corrected chi connectivity index (χ2v) is 6.31. The molecule has 2 aromatic rings. The van der Waals surface area contributed by atoms with E-state index in [-0.39, 0.29) is 0 Å². The Hall–Kier alpha value is -2.55. The van der Waals surface area contributed by atoms with E-state index in [0.29, 0.717) is 0 Å². The topological polar surface area (TPSA) is 24.8 Å². The largest absolute Gasteiger partial charge is 0.494 e. The molecule has 130 valence electrons. The van der Waals surface area contributed by atoms with Gasteiger partial charge in [0.25, 0.3) is 0 Å². The van der Waals surface area contributed by atoms with Crippen molar-refractivity contribution in [2.24, 2.45) is 4.99 Å². The molecule has 0 saturated carbocycles. The molecule has 0 unspecified atom stereocenters. The van der Waals surface area contributed by atoms with Gasteiger partial charge in [-0.3, -0.25) is 4.99 Å². The van der Waals surface area contributed by atoms with E-state index in [1.54, 1.807) is 0 Å². The van der Waals surface area contributed by atoms with Crippen LogP contribution in [0.1, 0.15) is 30.9 Å². The molecule has 0 bridgehead atoms. The van der Waals surface area contributed by atoms with Crippen LogP contribution in [0.4, 0.5) is 5.69 Å². The molecule has 0 aliphatic carbocycles. The Balaban J connectivity index is 1.73. The maximum absolute atomic E-state index is 5.72. The third kappa shape index (κ3) is 4.50. The number of hydrogen-bond acceptors (Lipinski definition) is 3. The monoisotopic (exact) mass is 334 g/mol. The molecular formula is C22H26N2O. The Morgan fingerprint density at radius 1 is 1.08 bits per heavy atom. The number of hydrogen-bond donors (Lipinski definition) is 0. The summed E-state index contributed by atoms with van der Waals surface area (Å²) in [5.41, 5.74) is 4.63. The van der Waals surface area contributed by atoms with E-state index < -0.39 is 0 Å². The number of likely N-dealkylation sites (N-methyl/N-ethyl adjacent to an activating group) is 1. The van der Waals surface area contributed by atoms with E-state index in [4.69, 9.17) is 9.73 Å². The first kappa shape index (κ1) is 17.3. The summed E-state index contributed by atoms with van der Waals surface area (Å²) in [4.78, 5) is 7.03. The average molecular weight is 334 g/mol. The molecule has 2 aromatic carbocycles. The summed E-state index contributed by atoms with van der Waals surface area (Å²) in [7, 11) is 2.12. The molecule has 0 atom stereocenters. The summed E-state index contributed by atoms with van der Waals surface area (Å²) in [6.45, 7) is 4.71. The summed E-state index contributed by atoms with van der Waals surface area (Å²) < 4.78 is 5.72. The lowest BCUT2D eigenvalue weighted by molar-refractivity contribution is 0.309. The van der Waals surface area contributed by atoms with Gasteiger partial charge in [0.05, 0.1) is 18.9 Å². The maximum atomic E-state index is 5.72. The van der Waals surface area contributed by atoms with Crippen molar-refractivity contribution in [1.29, 1.82) is 0 Å². The molecule has 1 aliphatic rings. The van der Waals surface area contributed by atoms with Gasteiger partial charge in [0.1, 0.15) is 5.75 Å². The molecule has 3 nitrogen and oxygen atoms in total. The van der Waals surface area contributed by atoms with Crippen LogP contribution in [-0.4, -0.2) is 32.5 Å². The van der Waals surface area contributed by atoms with E-state index in [1.807, 2.05) is 12.1 Å². The van der Waals surface area contributed by atoms with Crippen LogP contribution in [0.3, 0.4) is 0 Å². The zero-order chi connectivity index (χ0) is 17.5. The smallest absolute Gasteiger partial charge is 0.119 e. The van der Waals surface area contributed by atoms with E-state index in [1.165, 1.54) is 11.3 Å². The van der Waals surface area contributed by atoms with Crippen molar-refractivity contribution in [1.82, 2.24) is 0 Å². The SMILES string of the molecule is CCCCOc1ccc(C=CC2=NCCN(C)c3ccccc32)cc1. The van der Waals surface area contributed by atoms with Crippen molar-refractivity contribution >= 4 is 17.5 Å². The highest BCUT2D eigenvalue weighted by Crippen LogP contribution is 2.23. The van der Waals surface area contributed by atoms with Crippen LogP contribution < -0.4 is 9.64 Å². The number of rotatable bonds is 6. The Bertz CT molecular complexity index is 747. The van der Waals surface area contributed by atoms with Gasteiger partial charge in [-0.05, 0) is 36.3 Å². The standard InChI is InChI=1S/C22H26N2O/c1-3-4-17-25-19-12-9-18(10-13-19)11-14-21-20-7-5-6-8-22(20)24(2)16-15-23-21/h5-14H,3-4,15-17H2,1-2H3. The fourth-order valence-electron chi connectivity index (χ4n) is 2.88. The van der Waals surface area contributed by atoms with Gasteiger partial charge in [0, 0.05) is 24.8 Å². The average Bonchev–Trinajstić information content (AvgIpc) is 2.81. The number of anilines is 1. The number of benzene rings is 2. The van der Waals surface area contributed by atoms with E-state index in [2.05, 4.69) is 67.4 Å². The number of aliphatic imine (C=N–C) groups is 1. The van der Waals surface area contributed by atoms with Gasteiger partial charge in [-0.15, -0.1) is 0 Å². The normalized spacial score (nSPS) is 14.2. The molecular weight excluding hydrogens is 308 g/mol. The van der Waals surface area contributed by atoms with Gasteiger partial charge in [-0.2, -0.15) is 0 Å². The molecule has 1 heterocycles. The quantitative estimate of drug-likeness (QED) is 0.708. The predicted molar refractivity (Wildman–Crippen MR) is 107 cm³/mol. The summed E-state index contributed by atoms with van der Waals surface area (Å²) in [6, 6.07) is 16.7. The van der Waals surface area contributed by atoms with Crippen molar-refractivity contribution in [3.8, 4) is 5.75 Å². The third-order valence-corrected chi connectivity index (χ3v) is 4.39. The first-order valence-electron chi connectivity index (χ1n) is 9.04. The van der Waals surface area contributed by atoms with Crippen LogP contribution in [0.15, 0.2) is 59.6 Å². The number of benzodiazepines with no additional fused rings is 1. The molecule has 0 N–H and O–H groups in total. The summed E-state index contributed by atoms with van der Waals surface area (Å²) in [5, 5.41) is 0. The van der Waals surface area contributed by atoms with Crippen LogP contribution in [0.5, 0.6) is 5.75 Å². The second-order valence-electron chi connectivity index (χ2n) is 6.31. The molecule has 25 heavy (non-hydrogen) atoms. The van der Waals surface area contributed by atoms with Crippen molar-refractivity contribution in [3.63, 3.8) is 0 Å². The lowest BCUT2D eigenvalue weighted by Gasteiger charge is -2.18. The van der Waals surface area contributed by atoms with Crippen LogP contribution in [-0.2, 0) is 0 Å². The fourth-order valence-corrected chi connectivity index (χ4v) is 2.88. The van der Waals surface area contributed by atoms with Gasteiger partial charge in [0.2, 0.25) is 0 Å². The Morgan fingerprint density at radius 2 is 1.88 bits per heavy atom. The van der Waals surface area contributed by atoms with Crippen LogP contribution >= 0.6 is 0 Å². The maximum Gasteiger partial charge on any atom is 0.119 e. The molecule has 0 fully saturated rings. The Morgan fingerprint density at radius 3 is 2.68 bits per heavy atom. The minimum absolute atomic E-state index is 0.785. The number of nitrogens with zero attached hydrogens (tertiary/aromatic N) is 2. The van der Waals surface area contributed by atoms with Crippen LogP contribution in [0.25, 0.3) is 6.08 Å². The van der Waals surface area contributed by atoms with Crippen molar-refractivity contribution < 1.29 is 4.74 Å². The van der Waals surface area contributed by atoms with Crippen molar-refractivity contribution in [2.45, 2.75) is 19.8 Å². The Kier molecular flexibility index (Phi) is 5.89. The fraction of sp³-hybridized carbons (Fsp3) is 0.318. The number of fused-ring (bicyclic) bond motifs is 1. The number of allylic oxidation sites excluding steroid dienone is 1. The van der Waals surface area contributed by atoms with Gasteiger partial charge in [-0.1, -0.05) is 49.8 Å². The number of ether oxygens (including phenoxy) is 1. The van der Waals surface area contributed by atoms with E-state index in [9.17, 15) is 0 Å². The first-order chi connectivity index (χ1) is 12.3. The third-order valence-electron chi connectivity index (χ3n) is 4.39. The summed E-state index contributed by atoms with van der Waals surface area (Å²) in [6.07, 6.45) is 6.48. The molecule has 1 aliphatic heterocycles. The highest BCUT2D eigenvalue weighted by Gasteiger charge is 2.13. The van der Waals surface area contributed by atoms with E-state index >= 15 is 0 Å². The zero-order valence-corrected chi connectivity index (χ0v) is 15.1. The summed E-state index contributed by atoms with van der Waals surface area (Å²) >= 11 is 0. The summed E-state index contributed by atoms with van der Waals surface area (Å²) in [5.74, 6) is 0.935. The van der Waals surface area contributed by atoms with Crippen molar-refractivity contribution in [3.05, 3.63) is 65.7 Å². The minimum Gasteiger partial charge on any atom is -0.494 e. The molecule has 0 radical (unpaired) electrons. The molecule has 3 heteroatoms. The highest BCUT2D eigenvalue weighted by molar-refractivity contribution is 6.14. The van der Waals surface area contributed by atoms with Gasteiger partial charge in [0.15, 0.2) is 0 Å². The molecule has 0 aromatic heterocycles. The molecule has 0 saturated heterocycles. The van der Waals surface area contributed by atoms with Crippen LogP contribution in [0.2, 0.25) is 0 Å². The Labute approximate surface area is 150 Å². The number of unbranched alkanes of at least 4 members (excludes halogenated alkanes) is 1. The molecule has 0 amide bonds. The number of para-hydroxylation sites is 1. The first-order valence-corrected chi connectivity index (χ1v) is 9.04. The van der Waals surface area contributed by atoms with Crippen LogP contribution in [0, 0.1) is 0 Å². The van der Waals surface area contributed by atoms with Crippen molar-refractivity contribution in [2.75, 3.05) is 31.6 Å². The van der Waals surface area contributed by atoms with Gasteiger partial charge in [-0.25, -0.2) is 0 Å². The highest BCUT2D eigenvalue weighted by atomic mass is 16.5. The minimum atomic E-state index is 0.785. The van der Waals surface area contributed by atoms with E-state index in [0.717, 1.165) is 49.6 Å². The molecule has 3 rings (SSSR count).